The number of nitrogens with one attached hydrogen (secondary N) is 3. The van der Waals surface area contributed by atoms with Crippen molar-refractivity contribution < 1.29 is 35.9 Å². The first kappa shape index (κ1) is 29.6. The highest BCUT2D eigenvalue weighted by Crippen LogP contribution is 2.36. The number of anilines is 3. The third-order valence-corrected chi connectivity index (χ3v) is 7.17. The van der Waals surface area contributed by atoms with Gasteiger partial charge in [-0.1, -0.05) is 0 Å². The second-order valence-corrected chi connectivity index (χ2v) is 12.5. The number of carbonyl (C=O) groups excluding carboxylic acids is 1. The molecule has 220 valence electrons. The molecular formula is C23H29F6N7O3Si. The summed E-state index contributed by atoms with van der Waals surface area (Å²) in [5.41, 5.74) is -3.69. The Kier molecular flexibility index (Phi) is 8.35. The number of ether oxygens (including phenoxy) is 1. The van der Waals surface area contributed by atoms with Crippen LogP contribution in [-0.2, 0) is 21.9 Å². The first-order valence-corrected chi connectivity index (χ1v) is 13.5. The zero-order chi connectivity index (χ0) is 29.3. The number of rotatable bonds is 7. The summed E-state index contributed by atoms with van der Waals surface area (Å²) < 4.78 is 84.9. The summed E-state index contributed by atoms with van der Waals surface area (Å²) in [6.45, 7) is 3.23. The smallest absolute Gasteiger partial charge is 0.382 e. The SMILES string of the molecule is C[C@]([SiH3])(COCCC(=O)N1CCN2c3ncc(C(F)(F)F)cc3NCC[C@H]2C1)Nc1cn[nH]c(=O)c1C(F)(F)F. The van der Waals surface area contributed by atoms with E-state index in [4.69, 9.17) is 4.74 Å². The molecule has 2 atom stereocenters. The molecule has 1 amide bonds. The van der Waals surface area contributed by atoms with Gasteiger partial charge in [-0.25, -0.2) is 10.1 Å². The number of fused-ring (bicyclic) bond motifs is 3. The quantitative estimate of drug-likeness (QED) is 0.252. The normalized spacial score (nSPS) is 19.2. The van der Waals surface area contributed by atoms with E-state index in [9.17, 15) is 35.9 Å². The molecule has 2 aromatic heterocycles. The lowest BCUT2D eigenvalue weighted by atomic mass is 10.1. The minimum atomic E-state index is -4.87. The number of alkyl halides is 6. The number of aromatic nitrogens is 3. The van der Waals surface area contributed by atoms with Crippen LogP contribution < -0.4 is 21.1 Å². The second kappa shape index (κ2) is 11.3. The predicted molar refractivity (Wildman–Crippen MR) is 137 cm³/mol. The van der Waals surface area contributed by atoms with Crippen LogP contribution in [0.5, 0.6) is 0 Å². The molecule has 4 rings (SSSR count). The van der Waals surface area contributed by atoms with E-state index in [0.717, 1.165) is 18.5 Å². The molecule has 40 heavy (non-hydrogen) atoms. The van der Waals surface area contributed by atoms with Gasteiger partial charge in [0.05, 0.1) is 42.8 Å². The van der Waals surface area contributed by atoms with Gasteiger partial charge in [0.15, 0.2) is 5.82 Å². The molecule has 1 saturated heterocycles. The number of pyridine rings is 1. The van der Waals surface area contributed by atoms with E-state index < -0.39 is 39.9 Å². The third-order valence-electron chi connectivity index (χ3n) is 6.63. The lowest BCUT2D eigenvalue weighted by molar-refractivity contribution is -0.138. The summed E-state index contributed by atoms with van der Waals surface area (Å²) >= 11 is 0. The van der Waals surface area contributed by atoms with Crippen molar-refractivity contribution in [1.82, 2.24) is 20.1 Å². The fraction of sp³-hybridized carbons (Fsp3) is 0.565. The van der Waals surface area contributed by atoms with Crippen molar-refractivity contribution in [3.8, 4) is 0 Å². The minimum Gasteiger partial charge on any atom is -0.382 e. The molecule has 0 radical (unpaired) electrons. The van der Waals surface area contributed by atoms with Crippen molar-refractivity contribution in [2.75, 3.05) is 54.9 Å². The van der Waals surface area contributed by atoms with E-state index >= 15 is 0 Å². The monoisotopic (exact) mass is 593 g/mol. The van der Waals surface area contributed by atoms with Gasteiger partial charge in [-0.05, 0) is 19.4 Å². The number of hydrogen-bond donors (Lipinski definition) is 3. The van der Waals surface area contributed by atoms with E-state index in [1.807, 2.05) is 4.90 Å². The molecular weight excluding hydrogens is 564 g/mol. The molecule has 4 heterocycles. The first-order valence-electron chi connectivity index (χ1n) is 12.5. The number of H-pyrrole nitrogens is 1. The lowest BCUT2D eigenvalue weighted by Gasteiger charge is -2.41. The Bertz CT molecular complexity index is 1290. The molecule has 0 bridgehead atoms. The predicted octanol–water partition coefficient (Wildman–Crippen LogP) is 1.64. The van der Waals surface area contributed by atoms with Crippen molar-refractivity contribution in [1.29, 1.82) is 0 Å². The van der Waals surface area contributed by atoms with Crippen LogP contribution in [0.1, 0.15) is 30.9 Å². The van der Waals surface area contributed by atoms with E-state index in [-0.39, 0.29) is 31.6 Å². The van der Waals surface area contributed by atoms with Crippen LogP contribution in [0.25, 0.3) is 0 Å². The highest BCUT2D eigenvalue weighted by atomic mass is 28.1. The summed E-state index contributed by atoms with van der Waals surface area (Å²) in [6.07, 6.45) is -7.01. The van der Waals surface area contributed by atoms with Gasteiger partial charge in [-0.15, -0.1) is 0 Å². The maximum Gasteiger partial charge on any atom is 0.423 e. The maximum absolute atomic E-state index is 13.3. The van der Waals surface area contributed by atoms with Gasteiger partial charge >= 0.3 is 12.4 Å². The molecule has 2 aliphatic rings. The number of hydrogen-bond acceptors (Lipinski definition) is 8. The summed E-state index contributed by atoms with van der Waals surface area (Å²) in [5.74, 6) is 0.257. The minimum absolute atomic E-state index is 0.00103. The van der Waals surface area contributed by atoms with Crippen LogP contribution >= 0.6 is 0 Å². The molecule has 10 nitrogen and oxygen atoms in total. The van der Waals surface area contributed by atoms with Gasteiger partial charge in [-0.3, -0.25) is 9.59 Å². The first-order chi connectivity index (χ1) is 18.7. The van der Waals surface area contributed by atoms with Crippen LogP contribution in [0.15, 0.2) is 23.3 Å². The Balaban J connectivity index is 1.29. The number of nitrogens with zero attached hydrogens (tertiary/aromatic N) is 4. The third kappa shape index (κ3) is 6.86. The summed E-state index contributed by atoms with van der Waals surface area (Å²) in [5, 5.41) is 10.1. The van der Waals surface area contributed by atoms with Crippen molar-refractivity contribution in [3.63, 3.8) is 0 Å². The Morgan fingerprint density at radius 2 is 1.95 bits per heavy atom. The Hall–Kier alpha value is -3.34. The van der Waals surface area contributed by atoms with Crippen molar-refractivity contribution >= 4 is 33.3 Å². The molecule has 3 N–H and O–H groups in total. The maximum atomic E-state index is 13.3. The Labute approximate surface area is 227 Å². The van der Waals surface area contributed by atoms with Crippen LogP contribution in [0.2, 0.25) is 0 Å². The Morgan fingerprint density at radius 3 is 2.65 bits per heavy atom. The van der Waals surface area contributed by atoms with Crippen molar-refractivity contribution in [3.05, 3.63) is 39.9 Å². The summed E-state index contributed by atoms with van der Waals surface area (Å²) in [7, 11) is 0.352. The fourth-order valence-electron chi connectivity index (χ4n) is 4.77. The van der Waals surface area contributed by atoms with E-state index in [0.29, 0.717) is 54.3 Å². The van der Waals surface area contributed by atoms with E-state index in [1.165, 1.54) is 0 Å². The molecule has 0 unspecified atom stereocenters. The molecule has 17 heteroatoms. The van der Waals surface area contributed by atoms with Crippen LogP contribution in [0.4, 0.5) is 43.5 Å². The largest absolute Gasteiger partial charge is 0.423 e. The fourth-order valence-corrected chi connectivity index (χ4v) is 5.25. The lowest BCUT2D eigenvalue weighted by Crippen LogP contribution is -2.55. The molecule has 0 saturated carbocycles. The molecule has 0 spiro atoms. The molecule has 2 aromatic rings. The molecule has 0 aliphatic carbocycles. The number of carbonyl (C=O) groups is 1. The summed E-state index contributed by atoms with van der Waals surface area (Å²) in [4.78, 5) is 32.2. The standard InChI is InChI=1S/C23H29F6N7O3Si/c1-21(40,33-16-10-32-34-20(38)18(16)23(27,28)29)12-39-7-3-17(37)35-5-6-36-14(11-35)2-4-30-15-8-13(22(24,25)26)9-31-19(15)36/h8-10,14,30H,2-7,11-12H2,1,40H3,(H2,33,34,38)/t14-,21-/m0/s1. The zero-order valence-electron chi connectivity index (χ0n) is 21.7. The number of amides is 1. The van der Waals surface area contributed by atoms with Crippen molar-refractivity contribution in [2.24, 2.45) is 0 Å². The van der Waals surface area contributed by atoms with Gasteiger partial charge in [0.2, 0.25) is 5.91 Å². The van der Waals surface area contributed by atoms with Gasteiger partial charge < -0.3 is 25.2 Å². The van der Waals surface area contributed by atoms with Crippen LogP contribution in [0.3, 0.4) is 0 Å². The summed E-state index contributed by atoms with van der Waals surface area (Å²) in [6, 6.07) is 0.922. The van der Waals surface area contributed by atoms with Crippen LogP contribution in [0, 0.1) is 0 Å². The van der Waals surface area contributed by atoms with Crippen LogP contribution in [-0.4, -0.2) is 86.8 Å². The van der Waals surface area contributed by atoms with Crippen molar-refractivity contribution in [2.45, 2.75) is 43.3 Å². The highest BCUT2D eigenvalue weighted by Gasteiger charge is 2.39. The van der Waals surface area contributed by atoms with E-state index in [1.54, 1.807) is 16.9 Å². The average molecular weight is 594 g/mol. The highest BCUT2D eigenvalue weighted by molar-refractivity contribution is 6.16. The van der Waals surface area contributed by atoms with Gasteiger partial charge in [0.25, 0.3) is 5.56 Å². The Morgan fingerprint density at radius 1 is 1.20 bits per heavy atom. The number of aromatic amines is 1. The topological polar surface area (TPSA) is 115 Å². The zero-order valence-corrected chi connectivity index (χ0v) is 23.7. The molecule has 1 fully saturated rings. The molecule has 2 aliphatic heterocycles. The van der Waals surface area contributed by atoms with Gasteiger partial charge in [0, 0.05) is 53.8 Å². The van der Waals surface area contributed by atoms with E-state index in [2.05, 4.69) is 20.7 Å². The average Bonchev–Trinajstić information content (AvgIpc) is 3.03. The van der Waals surface area contributed by atoms with Gasteiger partial charge in [0.1, 0.15) is 5.56 Å². The van der Waals surface area contributed by atoms with Gasteiger partial charge in [-0.2, -0.15) is 31.4 Å². The molecule has 0 aromatic carbocycles. The second-order valence-electron chi connectivity index (χ2n) is 10.3. The number of piperazine rings is 1. The number of halogens is 6.